The van der Waals surface area contributed by atoms with Gasteiger partial charge in [-0.15, -0.1) is 0 Å². The lowest BCUT2D eigenvalue weighted by atomic mass is 10.0. The molecule has 1 N–H and O–H groups in total. The second-order valence-corrected chi connectivity index (χ2v) is 7.82. The van der Waals surface area contributed by atoms with Gasteiger partial charge in [0, 0.05) is 38.0 Å². The summed E-state index contributed by atoms with van der Waals surface area (Å²) in [6.45, 7) is 8.41. The number of morpholine rings is 1. The van der Waals surface area contributed by atoms with Gasteiger partial charge in [-0.1, -0.05) is 29.8 Å². The van der Waals surface area contributed by atoms with Crippen LogP contribution < -0.4 is 10.1 Å². The highest BCUT2D eigenvalue weighted by atomic mass is 16.5. The molecule has 1 aliphatic rings. The standard InChI is InChI=1S/C25H32N2O4/c1-3-31-22-10-8-21(9-11-22)24(28)12-13-25(29)26-23(18-27-14-16-30-17-15-27)20-6-4-19(2)5-7-20/h4-11,23H,3,12-18H2,1-2H3,(H,26,29)/t23-/m1/s1. The van der Waals surface area contributed by atoms with Crippen molar-refractivity contribution in [2.24, 2.45) is 0 Å². The number of nitrogens with one attached hydrogen (secondary N) is 1. The van der Waals surface area contributed by atoms with Crippen molar-refractivity contribution in [2.75, 3.05) is 39.5 Å². The molecule has 1 aliphatic heterocycles. The number of Topliss-reactive ketones (excluding diaryl/α,β-unsaturated/α-hetero) is 1. The summed E-state index contributed by atoms with van der Waals surface area (Å²) in [7, 11) is 0. The second kappa shape index (κ2) is 11.6. The van der Waals surface area contributed by atoms with Crippen molar-refractivity contribution in [2.45, 2.75) is 32.7 Å². The Hall–Kier alpha value is -2.70. The first-order chi connectivity index (χ1) is 15.0. The maximum Gasteiger partial charge on any atom is 0.220 e. The molecule has 0 unspecified atom stereocenters. The van der Waals surface area contributed by atoms with Crippen LogP contribution in [0.15, 0.2) is 48.5 Å². The van der Waals surface area contributed by atoms with E-state index in [0.717, 1.165) is 30.9 Å². The van der Waals surface area contributed by atoms with Gasteiger partial charge in [0.1, 0.15) is 5.75 Å². The van der Waals surface area contributed by atoms with E-state index >= 15 is 0 Å². The monoisotopic (exact) mass is 424 g/mol. The van der Waals surface area contributed by atoms with Gasteiger partial charge >= 0.3 is 0 Å². The first-order valence-electron chi connectivity index (χ1n) is 11.0. The highest BCUT2D eigenvalue weighted by molar-refractivity contribution is 5.98. The Kier molecular flexibility index (Phi) is 8.62. The van der Waals surface area contributed by atoms with Crippen LogP contribution in [0, 0.1) is 6.92 Å². The fourth-order valence-corrected chi connectivity index (χ4v) is 3.62. The third-order valence-corrected chi connectivity index (χ3v) is 5.43. The lowest BCUT2D eigenvalue weighted by molar-refractivity contribution is -0.122. The number of nitrogens with zero attached hydrogens (tertiary/aromatic N) is 1. The van der Waals surface area contributed by atoms with Crippen LogP contribution in [-0.2, 0) is 9.53 Å². The molecule has 6 heteroatoms. The van der Waals surface area contributed by atoms with Crippen molar-refractivity contribution in [3.63, 3.8) is 0 Å². The van der Waals surface area contributed by atoms with Gasteiger partial charge in [-0.3, -0.25) is 14.5 Å². The number of ketones is 1. The number of ether oxygens (including phenoxy) is 2. The third-order valence-electron chi connectivity index (χ3n) is 5.43. The van der Waals surface area contributed by atoms with Gasteiger partial charge in [0.25, 0.3) is 0 Å². The van der Waals surface area contributed by atoms with Crippen molar-refractivity contribution < 1.29 is 19.1 Å². The molecule has 0 spiro atoms. The zero-order valence-corrected chi connectivity index (χ0v) is 18.4. The van der Waals surface area contributed by atoms with Crippen LogP contribution in [0.2, 0.25) is 0 Å². The predicted molar refractivity (Wildman–Crippen MR) is 120 cm³/mol. The van der Waals surface area contributed by atoms with E-state index in [1.54, 1.807) is 24.3 Å². The summed E-state index contributed by atoms with van der Waals surface area (Å²) in [6.07, 6.45) is 0.343. The van der Waals surface area contributed by atoms with Crippen molar-refractivity contribution >= 4 is 11.7 Å². The molecule has 0 bridgehead atoms. The minimum Gasteiger partial charge on any atom is -0.494 e. The molecular weight excluding hydrogens is 392 g/mol. The summed E-state index contributed by atoms with van der Waals surface area (Å²) in [6, 6.07) is 15.2. The van der Waals surface area contributed by atoms with E-state index in [1.807, 2.05) is 13.8 Å². The van der Waals surface area contributed by atoms with Crippen molar-refractivity contribution in [1.29, 1.82) is 0 Å². The van der Waals surface area contributed by atoms with Gasteiger partial charge in [-0.2, -0.15) is 0 Å². The number of hydrogen-bond donors (Lipinski definition) is 1. The molecule has 166 valence electrons. The summed E-state index contributed by atoms with van der Waals surface area (Å²) in [4.78, 5) is 27.5. The van der Waals surface area contributed by atoms with E-state index in [-0.39, 0.29) is 30.6 Å². The average Bonchev–Trinajstić information content (AvgIpc) is 2.79. The number of carbonyl (C=O) groups excluding carboxylic acids is 2. The van der Waals surface area contributed by atoms with Gasteiger partial charge in [0.05, 0.1) is 25.9 Å². The highest BCUT2D eigenvalue weighted by Crippen LogP contribution is 2.18. The summed E-state index contributed by atoms with van der Waals surface area (Å²) in [5.74, 6) is 0.581. The van der Waals surface area contributed by atoms with Gasteiger partial charge < -0.3 is 14.8 Å². The molecule has 1 heterocycles. The van der Waals surface area contributed by atoms with Crippen LogP contribution in [0.5, 0.6) is 5.75 Å². The number of carbonyl (C=O) groups is 2. The third kappa shape index (κ3) is 7.19. The molecule has 0 aromatic heterocycles. The molecular formula is C25H32N2O4. The Labute approximate surface area is 184 Å². The molecule has 1 saturated heterocycles. The number of hydrogen-bond acceptors (Lipinski definition) is 5. The number of amides is 1. The van der Waals surface area contributed by atoms with Crippen LogP contribution in [0.25, 0.3) is 0 Å². The van der Waals surface area contributed by atoms with Crippen molar-refractivity contribution in [3.05, 3.63) is 65.2 Å². The fraction of sp³-hybridized carbons (Fsp3) is 0.440. The molecule has 6 nitrogen and oxygen atoms in total. The molecule has 31 heavy (non-hydrogen) atoms. The lowest BCUT2D eigenvalue weighted by Crippen LogP contribution is -2.43. The quantitative estimate of drug-likeness (QED) is 0.591. The van der Waals surface area contributed by atoms with E-state index in [0.29, 0.717) is 25.4 Å². The van der Waals surface area contributed by atoms with Crippen molar-refractivity contribution in [1.82, 2.24) is 10.2 Å². The summed E-state index contributed by atoms with van der Waals surface area (Å²) in [5, 5.41) is 3.14. The lowest BCUT2D eigenvalue weighted by Gasteiger charge is -2.31. The molecule has 0 aliphatic carbocycles. The molecule has 2 aromatic carbocycles. The number of rotatable bonds is 10. The maximum atomic E-state index is 12.7. The molecule has 3 rings (SSSR count). The summed E-state index contributed by atoms with van der Waals surface area (Å²) in [5.41, 5.74) is 2.85. The molecule has 1 atom stereocenters. The Morgan fingerprint density at radius 2 is 1.71 bits per heavy atom. The molecule has 2 aromatic rings. The van der Waals surface area contributed by atoms with E-state index in [2.05, 4.69) is 34.5 Å². The van der Waals surface area contributed by atoms with Crippen LogP contribution in [0.4, 0.5) is 0 Å². The Bertz CT molecular complexity index is 843. The topological polar surface area (TPSA) is 67.9 Å². The Morgan fingerprint density at radius 3 is 2.35 bits per heavy atom. The van der Waals surface area contributed by atoms with Gasteiger partial charge in [-0.25, -0.2) is 0 Å². The summed E-state index contributed by atoms with van der Waals surface area (Å²) < 4.78 is 10.8. The molecule has 1 fully saturated rings. The largest absolute Gasteiger partial charge is 0.494 e. The molecule has 0 saturated carbocycles. The average molecular weight is 425 g/mol. The Morgan fingerprint density at radius 1 is 1.03 bits per heavy atom. The number of benzene rings is 2. The SMILES string of the molecule is CCOc1ccc(C(=O)CCC(=O)N[C@H](CN2CCOCC2)c2ccc(C)cc2)cc1. The minimum absolute atomic E-state index is 0.0433. The minimum atomic E-state index is -0.119. The zero-order valence-electron chi connectivity index (χ0n) is 18.4. The second-order valence-electron chi connectivity index (χ2n) is 7.82. The van der Waals surface area contributed by atoms with Gasteiger partial charge in [-0.05, 0) is 43.7 Å². The molecule has 1 amide bonds. The van der Waals surface area contributed by atoms with E-state index in [1.165, 1.54) is 5.56 Å². The van der Waals surface area contributed by atoms with Gasteiger partial charge in [0.15, 0.2) is 5.78 Å². The first kappa shape index (κ1) is 23.0. The highest BCUT2D eigenvalue weighted by Gasteiger charge is 2.20. The smallest absolute Gasteiger partial charge is 0.220 e. The van der Waals surface area contributed by atoms with Crippen molar-refractivity contribution in [3.8, 4) is 5.75 Å². The van der Waals surface area contributed by atoms with Crippen LogP contribution in [0.1, 0.15) is 47.3 Å². The van der Waals surface area contributed by atoms with E-state index in [4.69, 9.17) is 9.47 Å². The van der Waals surface area contributed by atoms with Crippen LogP contribution >= 0.6 is 0 Å². The normalized spacial score (nSPS) is 15.3. The van der Waals surface area contributed by atoms with E-state index < -0.39 is 0 Å². The maximum absolute atomic E-state index is 12.7. The first-order valence-corrected chi connectivity index (χ1v) is 11.0. The molecule has 0 radical (unpaired) electrons. The fourth-order valence-electron chi connectivity index (χ4n) is 3.62. The van der Waals surface area contributed by atoms with E-state index in [9.17, 15) is 9.59 Å². The number of aryl methyl sites for hydroxylation is 1. The summed E-state index contributed by atoms with van der Waals surface area (Å²) >= 11 is 0. The zero-order chi connectivity index (χ0) is 22.1. The predicted octanol–water partition coefficient (Wildman–Crippen LogP) is 3.55. The van der Waals surface area contributed by atoms with Crippen LogP contribution in [0.3, 0.4) is 0 Å². The van der Waals surface area contributed by atoms with Crippen LogP contribution in [-0.4, -0.2) is 56.0 Å². The van der Waals surface area contributed by atoms with Gasteiger partial charge in [0.2, 0.25) is 5.91 Å². The Balaban J connectivity index is 1.57.